The Morgan fingerprint density at radius 3 is 2.73 bits per heavy atom. The Balaban J connectivity index is 2.05. The van der Waals surface area contributed by atoms with E-state index in [1.807, 2.05) is 24.3 Å². The van der Waals surface area contributed by atoms with E-state index in [1.54, 1.807) is 26.3 Å². The Hall–Kier alpha value is -1.53. The largest absolute Gasteiger partial charge is 0.496 e. The van der Waals surface area contributed by atoms with Gasteiger partial charge in [0.25, 0.3) is 0 Å². The molecule has 0 saturated carbocycles. The molecule has 0 unspecified atom stereocenters. The van der Waals surface area contributed by atoms with E-state index < -0.39 is 5.82 Å². The van der Waals surface area contributed by atoms with Gasteiger partial charge in [0, 0.05) is 16.4 Å². The highest BCUT2D eigenvalue weighted by molar-refractivity contribution is 9.10. The predicted octanol–water partition coefficient (Wildman–Crippen LogP) is 4.35. The minimum absolute atomic E-state index is 0.183. The first kappa shape index (κ1) is 16.8. The van der Waals surface area contributed by atoms with E-state index >= 15 is 0 Å². The van der Waals surface area contributed by atoms with Gasteiger partial charge in [-0.3, -0.25) is 4.79 Å². The summed E-state index contributed by atoms with van der Waals surface area (Å²) >= 11 is 4.56. The Kier molecular flexibility index (Phi) is 5.85. The molecule has 0 aliphatic heterocycles. The summed E-state index contributed by atoms with van der Waals surface area (Å²) in [6.45, 7) is 0. The highest BCUT2D eigenvalue weighted by atomic mass is 79.9. The lowest BCUT2D eigenvalue weighted by Gasteiger charge is -2.18. The molecule has 2 rings (SSSR count). The number of carbonyl (C=O) groups is 1. The van der Waals surface area contributed by atoms with Crippen molar-refractivity contribution in [2.45, 2.75) is 4.90 Å². The molecule has 0 spiro atoms. The van der Waals surface area contributed by atoms with Gasteiger partial charge in [0.05, 0.1) is 18.6 Å². The first-order chi connectivity index (χ1) is 10.5. The monoisotopic (exact) mass is 383 g/mol. The van der Waals surface area contributed by atoms with Crippen molar-refractivity contribution in [3.8, 4) is 5.75 Å². The summed E-state index contributed by atoms with van der Waals surface area (Å²) in [5.74, 6) is 0.300. The summed E-state index contributed by atoms with van der Waals surface area (Å²) < 4.78 is 19.8. The van der Waals surface area contributed by atoms with E-state index in [9.17, 15) is 9.18 Å². The number of thioether (sulfide) groups is 1. The molecule has 2 aromatic rings. The number of amides is 1. The molecule has 22 heavy (non-hydrogen) atoms. The molecule has 0 N–H and O–H groups in total. The summed E-state index contributed by atoms with van der Waals surface area (Å²) in [4.78, 5) is 14.4. The third kappa shape index (κ3) is 4.01. The van der Waals surface area contributed by atoms with Crippen LogP contribution in [0.1, 0.15) is 0 Å². The number of methoxy groups -OCH3 is 1. The van der Waals surface area contributed by atoms with Gasteiger partial charge in [-0.2, -0.15) is 0 Å². The van der Waals surface area contributed by atoms with E-state index in [1.165, 1.54) is 22.7 Å². The van der Waals surface area contributed by atoms with Crippen molar-refractivity contribution < 1.29 is 13.9 Å². The molecule has 116 valence electrons. The number of carbonyl (C=O) groups excluding carboxylic acids is 1. The predicted molar refractivity (Wildman–Crippen MR) is 91.2 cm³/mol. The quantitative estimate of drug-likeness (QED) is 0.718. The van der Waals surface area contributed by atoms with Crippen molar-refractivity contribution in [3.63, 3.8) is 0 Å². The number of rotatable bonds is 5. The van der Waals surface area contributed by atoms with Crippen molar-refractivity contribution in [2.75, 3.05) is 24.8 Å². The van der Waals surface area contributed by atoms with Crippen LogP contribution in [0.25, 0.3) is 0 Å². The molecule has 2 aromatic carbocycles. The Labute approximate surface area is 141 Å². The first-order valence-corrected chi connectivity index (χ1v) is 8.28. The van der Waals surface area contributed by atoms with Crippen molar-refractivity contribution >= 4 is 39.3 Å². The van der Waals surface area contributed by atoms with Crippen LogP contribution in [0.15, 0.2) is 51.8 Å². The average Bonchev–Trinajstić information content (AvgIpc) is 2.52. The number of ether oxygens (including phenoxy) is 1. The van der Waals surface area contributed by atoms with Crippen LogP contribution in [0.3, 0.4) is 0 Å². The standard InChI is InChI=1S/C16H15BrFNO2S/c1-19(13-8-7-11(17)9-12(13)18)16(20)10-22-15-6-4-3-5-14(15)21-2/h3-9H,10H2,1-2H3. The van der Waals surface area contributed by atoms with Crippen LogP contribution in [0, 0.1) is 5.82 Å². The zero-order valence-electron chi connectivity index (χ0n) is 12.2. The highest BCUT2D eigenvalue weighted by Gasteiger charge is 2.16. The fraction of sp³-hybridized carbons (Fsp3) is 0.188. The van der Waals surface area contributed by atoms with Gasteiger partial charge in [-0.05, 0) is 30.3 Å². The third-order valence-corrected chi connectivity index (χ3v) is 4.60. The van der Waals surface area contributed by atoms with Crippen molar-refractivity contribution in [1.82, 2.24) is 0 Å². The summed E-state index contributed by atoms with van der Waals surface area (Å²) in [6.07, 6.45) is 0. The molecule has 6 heteroatoms. The molecule has 0 radical (unpaired) electrons. The second-order valence-electron chi connectivity index (χ2n) is 4.49. The SMILES string of the molecule is COc1ccccc1SCC(=O)N(C)c1ccc(Br)cc1F. The molecule has 0 aromatic heterocycles. The van der Waals surface area contributed by atoms with Gasteiger partial charge in [0.2, 0.25) is 5.91 Å². The molecule has 0 atom stereocenters. The van der Waals surface area contributed by atoms with Crippen LogP contribution in [-0.4, -0.2) is 25.8 Å². The van der Waals surface area contributed by atoms with E-state index in [0.29, 0.717) is 4.47 Å². The molecule has 3 nitrogen and oxygen atoms in total. The van der Waals surface area contributed by atoms with Crippen LogP contribution >= 0.6 is 27.7 Å². The summed E-state index contributed by atoms with van der Waals surface area (Å²) in [6, 6.07) is 12.1. The third-order valence-electron chi connectivity index (χ3n) is 3.07. The van der Waals surface area contributed by atoms with Crippen molar-refractivity contribution in [1.29, 1.82) is 0 Å². The van der Waals surface area contributed by atoms with Crippen LogP contribution in [-0.2, 0) is 4.79 Å². The molecule has 0 bridgehead atoms. The average molecular weight is 384 g/mol. The summed E-state index contributed by atoms with van der Waals surface area (Å²) in [5, 5.41) is 0. The number of benzene rings is 2. The van der Waals surface area contributed by atoms with Gasteiger partial charge in [-0.1, -0.05) is 28.1 Å². The number of hydrogen-bond donors (Lipinski definition) is 0. The first-order valence-electron chi connectivity index (χ1n) is 6.50. The van der Waals surface area contributed by atoms with E-state index in [2.05, 4.69) is 15.9 Å². The lowest BCUT2D eigenvalue weighted by Crippen LogP contribution is -2.28. The number of halogens is 2. The topological polar surface area (TPSA) is 29.5 Å². The van der Waals surface area contributed by atoms with E-state index in [-0.39, 0.29) is 17.3 Å². The van der Waals surface area contributed by atoms with Crippen molar-refractivity contribution in [3.05, 3.63) is 52.8 Å². The number of anilines is 1. The van der Waals surface area contributed by atoms with E-state index in [4.69, 9.17) is 4.74 Å². The minimum atomic E-state index is -0.437. The second-order valence-corrected chi connectivity index (χ2v) is 6.42. The van der Waals surface area contributed by atoms with Gasteiger partial charge in [-0.15, -0.1) is 11.8 Å². The van der Waals surface area contributed by atoms with E-state index in [0.717, 1.165) is 10.6 Å². The number of nitrogens with zero attached hydrogens (tertiary/aromatic N) is 1. The minimum Gasteiger partial charge on any atom is -0.496 e. The maximum absolute atomic E-state index is 13.9. The number of para-hydroxylation sites is 1. The molecule has 0 saturated heterocycles. The normalized spacial score (nSPS) is 10.4. The Bertz CT molecular complexity index is 681. The Morgan fingerprint density at radius 2 is 2.05 bits per heavy atom. The smallest absolute Gasteiger partial charge is 0.237 e. The van der Waals surface area contributed by atoms with Gasteiger partial charge in [0.1, 0.15) is 11.6 Å². The molecule has 1 amide bonds. The van der Waals surface area contributed by atoms with Gasteiger partial charge in [0.15, 0.2) is 0 Å². The maximum Gasteiger partial charge on any atom is 0.237 e. The van der Waals surface area contributed by atoms with Crippen LogP contribution in [0.2, 0.25) is 0 Å². The van der Waals surface area contributed by atoms with Gasteiger partial charge in [-0.25, -0.2) is 4.39 Å². The molecular weight excluding hydrogens is 369 g/mol. The fourth-order valence-corrected chi connectivity index (χ4v) is 3.14. The van der Waals surface area contributed by atoms with Crippen molar-refractivity contribution in [2.24, 2.45) is 0 Å². The molecule has 0 aliphatic carbocycles. The fourth-order valence-electron chi connectivity index (χ4n) is 1.86. The second kappa shape index (κ2) is 7.65. The van der Waals surface area contributed by atoms with Crippen LogP contribution in [0.5, 0.6) is 5.75 Å². The lowest BCUT2D eigenvalue weighted by molar-refractivity contribution is -0.115. The molecule has 0 fully saturated rings. The highest BCUT2D eigenvalue weighted by Crippen LogP contribution is 2.29. The molecular formula is C16H15BrFNO2S. The van der Waals surface area contributed by atoms with Gasteiger partial charge < -0.3 is 9.64 Å². The Morgan fingerprint density at radius 1 is 1.32 bits per heavy atom. The summed E-state index contributed by atoms with van der Waals surface area (Å²) in [5.41, 5.74) is 0.258. The molecule has 0 heterocycles. The maximum atomic E-state index is 13.9. The van der Waals surface area contributed by atoms with Gasteiger partial charge >= 0.3 is 0 Å². The lowest BCUT2D eigenvalue weighted by atomic mass is 10.3. The van der Waals surface area contributed by atoms with Crippen LogP contribution in [0.4, 0.5) is 10.1 Å². The zero-order chi connectivity index (χ0) is 16.1. The van der Waals surface area contributed by atoms with Crippen LogP contribution < -0.4 is 9.64 Å². The number of hydrogen-bond acceptors (Lipinski definition) is 3. The summed E-state index contributed by atoms with van der Waals surface area (Å²) in [7, 11) is 3.15. The molecule has 0 aliphatic rings. The zero-order valence-corrected chi connectivity index (χ0v) is 14.6.